The van der Waals surface area contributed by atoms with Gasteiger partial charge >= 0.3 is 0 Å². The summed E-state index contributed by atoms with van der Waals surface area (Å²) in [6, 6.07) is 0. The van der Waals surface area contributed by atoms with E-state index in [1.54, 1.807) is 0 Å². The van der Waals surface area contributed by atoms with Gasteiger partial charge in [-0.2, -0.15) is 0 Å². The average molecular weight is 148 g/mol. The Morgan fingerprint density at radius 1 is 1.27 bits per heavy atom. The van der Waals surface area contributed by atoms with Crippen LogP contribution in [0.4, 0.5) is 0 Å². The first-order valence-corrected chi connectivity index (χ1v) is 4.03. The Morgan fingerprint density at radius 2 is 1.91 bits per heavy atom. The standard InChI is InChI=1S/C9H10.C2H6/c1-3-8-6-5-7-9(8)4-2;1-2/h3-6H,1-2,7H2;1-2H3. The molecule has 1 aliphatic rings. The SMILES string of the molecule is C=CC1=C(C=C)CC=C1.CC. The monoisotopic (exact) mass is 148 g/mol. The van der Waals surface area contributed by atoms with Gasteiger partial charge in [-0.3, -0.25) is 0 Å². The minimum absolute atomic E-state index is 1.02. The van der Waals surface area contributed by atoms with E-state index in [-0.39, 0.29) is 0 Å². The van der Waals surface area contributed by atoms with Crippen molar-refractivity contribution in [2.45, 2.75) is 20.3 Å². The zero-order valence-corrected chi connectivity index (χ0v) is 7.43. The molecule has 11 heavy (non-hydrogen) atoms. The van der Waals surface area contributed by atoms with E-state index in [4.69, 9.17) is 0 Å². The van der Waals surface area contributed by atoms with Gasteiger partial charge in [0.15, 0.2) is 0 Å². The van der Waals surface area contributed by atoms with E-state index in [1.807, 2.05) is 26.0 Å². The molecule has 0 nitrogen and oxygen atoms in total. The molecule has 0 aromatic carbocycles. The molecule has 0 N–H and O–H groups in total. The molecular formula is C11H16. The summed E-state index contributed by atoms with van der Waals surface area (Å²) in [6.07, 6.45) is 8.96. The molecule has 0 aliphatic heterocycles. The minimum Gasteiger partial charge on any atom is -0.0988 e. The second kappa shape index (κ2) is 5.72. The molecule has 0 bridgehead atoms. The first-order valence-electron chi connectivity index (χ1n) is 4.03. The molecule has 0 aromatic rings. The zero-order chi connectivity index (χ0) is 8.69. The van der Waals surface area contributed by atoms with Crippen LogP contribution in [-0.2, 0) is 0 Å². The normalized spacial score (nSPS) is 14.0. The minimum atomic E-state index is 1.02. The lowest BCUT2D eigenvalue weighted by atomic mass is 10.1. The van der Waals surface area contributed by atoms with Crippen molar-refractivity contribution < 1.29 is 0 Å². The van der Waals surface area contributed by atoms with Crippen LogP contribution in [0.3, 0.4) is 0 Å². The number of rotatable bonds is 2. The van der Waals surface area contributed by atoms with Gasteiger partial charge in [0, 0.05) is 0 Å². The third-order valence-electron chi connectivity index (χ3n) is 1.47. The van der Waals surface area contributed by atoms with E-state index in [0.717, 1.165) is 6.42 Å². The highest BCUT2D eigenvalue weighted by molar-refractivity contribution is 5.45. The van der Waals surface area contributed by atoms with Gasteiger partial charge in [-0.05, 0) is 17.6 Å². The van der Waals surface area contributed by atoms with Crippen molar-refractivity contribution >= 4 is 0 Å². The molecule has 0 heterocycles. The highest BCUT2D eigenvalue weighted by atomic mass is 14.0. The third kappa shape index (κ3) is 2.58. The summed E-state index contributed by atoms with van der Waals surface area (Å²) in [5.41, 5.74) is 2.50. The maximum absolute atomic E-state index is 3.70. The molecule has 0 saturated carbocycles. The molecule has 0 heteroatoms. The van der Waals surface area contributed by atoms with E-state index in [9.17, 15) is 0 Å². The summed E-state index contributed by atoms with van der Waals surface area (Å²) in [4.78, 5) is 0. The van der Waals surface area contributed by atoms with Crippen LogP contribution in [0.5, 0.6) is 0 Å². The van der Waals surface area contributed by atoms with Gasteiger partial charge in [0.05, 0.1) is 0 Å². The Kier molecular flexibility index (Phi) is 5.18. The molecular weight excluding hydrogens is 132 g/mol. The Balaban J connectivity index is 0.000000461. The molecule has 1 rings (SSSR count). The lowest BCUT2D eigenvalue weighted by Crippen LogP contribution is -1.72. The fraction of sp³-hybridized carbons (Fsp3) is 0.273. The molecule has 0 fully saturated rings. The topological polar surface area (TPSA) is 0 Å². The van der Waals surface area contributed by atoms with Gasteiger partial charge < -0.3 is 0 Å². The van der Waals surface area contributed by atoms with E-state index < -0.39 is 0 Å². The van der Waals surface area contributed by atoms with Crippen LogP contribution in [-0.4, -0.2) is 0 Å². The summed E-state index contributed by atoms with van der Waals surface area (Å²) in [5, 5.41) is 0. The summed E-state index contributed by atoms with van der Waals surface area (Å²) in [6.45, 7) is 11.4. The first-order chi connectivity index (χ1) is 5.38. The maximum atomic E-state index is 3.70. The molecule has 0 atom stereocenters. The Bertz CT molecular complexity index is 192. The molecule has 60 valence electrons. The largest absolute Gasteiger partial charge is 0.0988 e. The van der Waals surface area contributed by atoms with Gasteiger partial charge in [-0.25, -0.2) is 0 Å². The van der Waals surface area contributed by atoms with E-state index in [1.165, 1.54) is 11.1 Å². The molecule has 0 saturated heterocycles. The van der Waals surface area contributed by atoms with Crippen LogP contribution in [0.1, 0.15) is 20.3 Å². The zero-order valence-electron chi connectivity index (χ0n) is 7.43. The number of allylic oxidation sites excluding steroid dienone is 6. The van der Waals surface area contributed by atoms with E-state index in [2.05, 4.69) is 25.3 Å². The fourth-order valence-corrected chi connectivity index (χ4v) is 0.938. The van der Waals surface area contributed by atoms with Crippen molar-refractivity contribution in [1.82, 2.24) is 0 Å². The van der Waals surface area contributed by atoms with Crippen LogP contribution in [0.2, 0.25) is 0 Å². The lowest BCUT2D eigenvalue weighted by Gasteiger charge is -1.92. The van der Waals surface area contributed by atoms with Gasteiger partial charge in [0.2, 0.25) is 0 Å². The highest BCUT2D eigenvalue weighted by Crippen LogP contribution is 2.19. The van der Waals surface area contributed by atoms with Gasteiger partial charge in [-0.1, -0.05) is 51.3 Å². The second-order valence-corrected chi connectivity index (χ2v) is 2.00. The van der Waals surface area contributed by atoms with Crippen LogP contribution < -0.4 is 0 Å². The van der Waals surface area contributed by atoms with Crippen LogP contribution >= 0.6 is 0 Å². The smallest absolute Gasteiger partial charge is 0.00884 e. The van der Waals surface area contributed by atoms with E-state index >= 15 is 0 Å². The first kappa shape index (κ1) is 9.96. The predicted molar refractivity (Wildman–Crippen MR) is 52.5 cm³/mol. The molecule has 0 unspecified atom stereocenters. The van der Waals surface area contributed by atoms with Crippen molar-refractivity contribution in [3.05, 3.63) is 48.6 Å². The number of hydrogen-bond acceptors (Lipinski definition) is 0. The second-order valence-electron chi connectivity index (χ2n) is 2.00. The predicted octanol–water partition coefficient (Wildman–Crippen LogP) is 3.64. The lowest BCUT2D eigenvalue weighted by molar-refractivity contribution is 1.32. The van der Waals surface area contributed by atoms with Crippen LogP contribution in [0.15, 0.2) is 48.6 Å². The number of hydrogen-bond donors (Lipinski definition) is 0. The van der Waals surface area contributed by atoms with Crippen molar-refractivity contribution in [2.24, 2.45) is 0 Å². The maximum Gasteiger partial charge on any atom is -0.00884 e. The molecule has 0 aromatic heterocycles. The summed E-state index contributed by atoms with van der Waals surface area (Å²) in [7, 11) is 0. The Hall–Kier alpha value is -1.04. The van der Waals surface area contributed by atoms with Crippen molar-refractivity contribution in [1.29, 1.82) is 0 Å². The third-order valence-corrected chi connectivity index (χ3v) is 1.47. The van der Waals surface area contributed by atoms with Gasteiger partial charge in [0.25, 0.3) is 0 Å². The Labute approximate surface area is 69.6 Å². The van der Waals surface area contributed by atoms with Crippen molar-refractivity contribution in [3.8, 4) is 0 Å². The quantitative estimate of drug-likeness (QED) is 0.561. The van der Waals surface area contributed by atoms with Crippen molar-refractivity contribution in [2.75, 3.05) is 0 Å². The average Bonchev–Trinajstić information content (AvgIpc) is 2.54. The van der Waals surface area contributed by atoms with E-state index in [0.29, 0.717) is 0 Å². The van der Waals surface area contributed by atoms with Gasteiger partial charge in [-0.15, -0.1) is 0 Å². The summed E-state index contributed by atoms with van der Waals surface area (Å²) < 4.78 is 0. The Morgan fingerprint density at radius 3 is 2.27 bits per heavy atom. The summed E-state index contributed by atoms with van der Waals surface area (Å²) >= 11 is 0. The summed E-state index contributed by atoms with van der Waals surface area (Å²) in [5.74, 6) is 0. The molecule has 0 spiro atoms. The molecule has 0 radical (unpaired) electrons. The van der Waals surface area contributed by atoms with Crippen molar-refractivity contribution in [3.63, 3.8) is 0 Å². The fourth-order valence-electron chi connectivity index (χ4n) is 0.938. The van der Waals surface area contributed by atoms with Gasteiger partial charge in [0.1, 0.15) is 0 Å². The van der Waals surface area contributed by atoms with Crippen LogP contribution in [0.25, 0.3) is 0 Å². The molecule has 1 aliphatic carbocycles. The molecule has 0 amide bonds. The highest BCUT2D eigenvalue weighted by Gasteiger charge is 2.00. The van der Waals surface area contributed by atoms with Crippen LogP contribution in [0, 0.1) is 0 Å².